The van der Waals surface area contributed by atoms with Crippen LogP contribution in [0.4, 0.5) is 35.1 Å². The summed E-state index contributed by atoms with van der Waals surface area (Å²) in [5, 5.41) is 0. The predicted molar refractivity (Wildman–Crippen MR) is 162 cm³/mol. The highest BCUT2D eigenvalue weighted by Crippen LogP contribution is 2.46. The molecule has 0 heterocycles. The third-order valence-corrected chi connectivity index (χ3v) is 10.6. The van der Waals surface area contributed by atoms with Gasteiger partial charge in [0.1, 0.15) is 17.4 Å². The van der Waals surface area contributed by atoms with Crippen molar-refractivity contribution in [3.8, 4) is 5.75 Å². The van der Waals surface area contributed by atoms with Crippen LogP contribution in [0.3, 0.4) is 0 Å². The molecule has 3 saturated carbocycles. The molecule has 3 aliphatic rings. The molecule has 0 radical (unpaired) electrons. The van der Waals surface area contributed by atoms with Gasteiger partial charge in [-0.05, 0) is 125 Å². The maximum atomic E-state index is 14.8. The predicted octanol–water partition coefficient (Wildman–Crippen LogP) is 12.4. The number of ether oxygens (including phenoxy) is 1. The van der Waals surface area contributed by atoms with E-state index in [1.165, 1.54) is 13.0 Å². The molecule has 3 aliphatic carbocycles. The summed E-state index contributed by atoms with van der Waals surface area (Å²) < 4.78 is 117. The Kier molecular flexibility index (Phi) is 11.2. The van der Waals surface area contributed by atoms with E-state index in [-0.39, 0.29) is 30.7 Å². The first-order valence-electron chi connectivity index (χ1n) is 16.7. The smallest absolute Gasteiger partial charge is 0.400 e. The van der Waals surface area contributed by atoms with E-state index in [0.717, 1.165) is 57.4 Å². The van der Waals surface area contributed by atoms with Crippen LogP contribution in [0.1, 0.15) is 107 Å². The number of rotatable bonds is 9. The molecule has 0 amide bonds. The van der Waals surface area contributed by atoms with Crippen LogP contribution in [0.5, 0.6) is 5.75 Å². The fourth-order valence-corrected chi connectivity index (χ4v) is 7.81. The Hall–Kier alpha value is -2.84. The summed E-state index contributed by atoms with van der Waals surface area (Å²) in [6, 6.07) is 5.04. The van der Waals surface area contributed by atoms with Crippen molar-refractivity contribution in [3.63, 3.8) is 0 Å². The Labute approximate surface area is 266 Å². The summed E-state index contributed by atoms with van der Waals surface area (Å²) in [7, 11) is 0. The van der Waals surface area contributed by atoms with Crippen LogP contribution in [0, 0.1) is 52.9 Å². The van der Waals surface area contributed by atoms with Gasteiger partial charge in [0.2, 0.25) is 0 Å². The first-order valence-corrected chi connectivity index (χ1v) is 16.7. The highest BCUT2D eigenvalue weighted by atomic mass is 19.3. The third-order valence-electron chi connectivity index (χ3n) is 10.6. The van der Waals surface area contributed by atoms with E-state index in [9.17, 15) is 35.1 Å². The summed E-state index contributed by atoms with van der Waals surface area (Å²) in [6.07, 6.45) is 10.5. The molecule has 5 rings (SSSR count). The summed E-state index contributed by atoms with van der Waals surface area (Å²) in [5.74, 6) is -7.20. The Bertz CT molecular complexity index is 1370. The maximum absolute atomic E-state index is 14.8. The van der Waals surface area contributed by atoms with E-state index < -0.39 is 52.7 Å². The summed E-state index contributed by atoms with van der Waals surface area (Å²) in [6.45, 7) is 1.51. The lowest BCUT2D eigenvalue weighted by Crippen LogP contribution is -2.38. The number of hydrogen-bond donors (Lipinski definition) is 0. The van der Waals surface area contributed by atoms with Crippen molar-refractivity contribution in [3.05, 3.63) is 82.7 Å². The van der Waals surface area contributed by atoms with E-state index in [4.69, 9.17) is 0 Å². The van der Waals surface area contributed by atoms with Gasteiger partial charge in [0, 0.05) is 17.7 Å². The molecule has 46 heavy (non-hydrogen) atoms. The third kappa shape index (κ3) is 8.17. The minimum atomic E-state index is -3.60. The van der Waals surface area contributed by atoms with E-state index in [1.807, 2.05) is 0 Å². The lowest BCUT2D eigenvalue weighted by Gasteiger charge is -2.39. The Morgan fingerprint density at radius 1 is 0.717 bits per heavy atom. The van der Waals surface area contributed by atoms with E-state index >= 15 is 0 Å². The van der Waals surface area contributed by atoms with Crippen molar-refractivity contribution in [2.75, 3.05) is 0 Å². The Morgan fingerprint density at radius 3 is 1.76 bits per heavy atom. The van der Waals surface area contributed by atoms with Crippen molar-refractivity contribution >= 4 is 5.83 Å². The number of hydrogen-bond acceptors (Lipinski definition) is 1. The molecule has 252 valence electrons. The van der Waals surface area contributed by atoms with Crippen LogP contribution in [0.25, 0.3) is 5.83 Å². The first kappa shape index (κ1) is 34.5. The van der Waals surface area contributed by atoms with E-state index in [1.54, 1.807) is 6.07 Å². The minimum absolute atomic E-state index is 0.0627. The van der Waals surface area contributed by atoms with Gasteiger partial charge in [-0.25, -0.2) is 26.3 Å². The fourth-order valence-electron chi connectivity index (χ4n) is 7.81. The van der Waals surface area contributed by atoms with Gasteiger partial charge in [-0.2, -0.15) is 8.78 Å². The molecule has 0 atom stereocenters. The van der Waals surface area contributed by atoms with Crippen LogP contribution in [0.15, 0.2) is 48.3 Å². The van der Waals surface area contributed by atoms with Crippen LogP contribution >= 0.6 is 0 Å². The number of benzene rings is 2. The normalized spacial score (nSPS) is 28.3. The van der Waals surface area contributed by atoms with Gasteiger partial charge in [-0.3, -0.25) is 0 Å². The molecule has 0 unspecified atom stereocenters. The molecule has 2 aromatic rings. The standard InChI is InChI=1S/C37H42F8O/c1-2-31(38)35(42)27-15-18-30(32(39)19-27)26-11-7-23(8-12-26)4-3-22-5-9-24(10-6-22)25-13-16-28(17-14-25)37(44,45)46-29-20-33(40)36(43)34(41)21-29/h3-4,15,18-26,28H,2,5-14,16-17H2,1H3. The lowest BCUT2D eigenvalue weighted by atomic mass is 9.69. The second-order valence-electron chi connectivity index (χ2n) is 13.5. The Morgan fingerprint density at radius 2 is 1.24 bits per heavy atom. The number of alkyl halides is 2. The molecule has 0 aliphatic heterocycles. The van der Waals surface area contributed by atoms with Crippen LogP contribution in [-0.4, -0.2) is 6.11 Å². The topological polar surface area (TPSA) is 9.23 Å². The molecule has 1 nitrogen and oxygen atoms in total. The quantitative estimate of drug-likeness (QED) is 0.149. The van der Waals surface area contributed by atoms with Crippen molar-refractivity contribution in [2.45, 2.75) is 102 Å². The molecule has 0 spiro atoms. The first-order chi connectivity index (χ1) is 21.9. The molecule has 0 N–H and O–H groups in total. The zero-order valence-corrected chi connectivity index (χ0v) is 26.1. The van der Waals surface area contributed by atoms with Gasteiger partial charge >= 0.3 is 6.11 Å². The lowest BCUT2D eigenvalue weighted by molar-refractivity contribution is -0.224. The molecular formula is C37H42F8O. The van der Waals surface area contributed by atoms with Gasteiger partial charge in [-0.15, -0.1) is 0 Å². The van der Waals surface area contributed by atoms with Crippen molar-refractivity contribution < 1.29 is 39.9 Å². The van der Waals surface area contributed by atoms with Gasteiger partial charge in [-0.1, -0.05) is 31.2 Å². The van der Waals surface area contributed by atoms with Crippen LogP contribution < -0.4 is 4.74 Å². The zero-order valence-electron chi connectivity index (χ0n) is 26.1. The second kappa shape index (κ2) is 14.9. The molecule has 9 heteroatoms. The van der Waals surface area contributed by atoms with Gasteiger partial charge in [0.05, 0.1) is 5.92 Å². The maximum Gasteiger partial charge on any atom is 0.400 e. The minimum Gasteiger partial charge on any atom is -0.432 e. The van der Waals surface area contributed by atoms with Crippen LogP contribution in [-0.2, 0) is 0 Å². The fraction of sp³-hybridized carbons (Fsp3) is 0.568. The SMILES string of the molecule is CCC(F)=C(F)c1ccc(C2CCC(C=CC3CCC(C4CCC(C(F)(F)Oc5cc(F)c(F)c(F)c5)CC4)CC3)CC2)c(F)c1. The average Bonchev–Trinajstić information content (AvgIpc) is 3.06. The highest BCUT2D eigenvalue weighted by molar-refractivity contribution is 5.61. The Balaban J connectivity index is 1.03. The van der Waals surface area contributed by atoms with E-state index in [2.05, 4.69) is 16.9 Å². The average molecular weight is 655 g/mol. The molecular weight excluding hydrogens is 612 g/mol. The van der Waals surface area contributed by atoms with Gasteiger partial charge in [0.25, 0.3) is 0 Å². The van der Waals surface area contributed by atoms with E-state index in [0.29, 0.717) is 54.2 Å². The van der Waals surface area contributed by atoms with Crippen LogP contribution in [0.2, 0.25) is 0 Å². The summed E-state index contributed by atoms with van der Waals surface area (Å²) in [4.78, 5) is 0. The number of allylic oxidation sites excluding steroid dienone is 3. The van der Waals surface area contributed by atoms with Crippen molar-refractivity contribution in [1.82, 2.24) is 0 Å². The van der Waals surface area contributed by atoms with Gasteiger partial charge in [0.15, 0.2) is 23.3 Å². The molecule has 0 saturated heterocycles. The van der Waals surface area contributed by atoms with Crippen molar-refractivity contribution in [2.24, 2.45) is 29.6 Å². The molecule has 3 fully saturated rings. The zero-order chi connectivity index (χ0) is 33.0. The van der Waals surface area contributed by atoms with Gasteiger partial charge < -0.3 is 4.74 Å². The molecule has 0 aromatic heterocycles. The highest BCUT2D eigenvalue weighted by Gasteiger charge is 2.45. The second-order valence-corrected chi connectivity index (χ2v) is 13.5. The largest absolute Gasteiger partial charge is 0.432 e. The molecule has 0 bridgehead atoms. The monoisotopic (exact) mass is 654 g/mol. The number of halogens is 8. The summed E-state index contributed by atoms with van der Waals surface area (Å²) in [5.41, 5.74) is 0.505. The molecule has 2 aromatic carbocycles. The van der Waals surface area contributed by atoms with Crippen molar-refractivity contribution in [1.29, 1.82) is 0 Å². The summed E-state index contributed by atoms with van der Waals surface area (Å²) >= 11 is 0.